The van der Waals surface area contributed by atoms with Crippen LogP contribution >= 0.6 is 0 Å². The highest BCUT2D eigenvalue weighted by Gasteiger charge is 2.41. The molecule has 2 aromatic carbocycles. The summed E-state index contributed by atoms with van der Waals surface area (Å²) in [7, 11) is -2.05. The fraction of sp³-hybridized carbons (Fsp3) is 0.318. The monoisotopic (exact) mass is 400 g/mol. The van der Waals surface area contributed by atoms with Gasteiger partial charge in [-0.15, -0.1) is 0 Å². The smallest absolute Gasteiger partial charge is 0.298 e. The number of carbonyl (C=O) groups excluding carboxylic acids is 1. The first kappa shape index (κ1) is 20.5. The van der Waals surface area contributed by atoms with Crippen LogP contribution in [0.15, 0.2) is 59.5 Å². The van der Waals surface area contributed by atoms with E-state index in [-0.39, 0.29) is 15.6 Å². The van der Waals surface area contributed by atoms with E-state index in [4.69, 9.17) is 4.28 Å². The Bertz CT molecular complexity index is 966. The molecule has 2 aromatic rings. The first-order valence-electron chi connectivity index (χ1n) is 9.44. The molecule has 2 atom stereocenters. The van der Waals surface area contributed by atoms with E-state index in [1.807, 2.05) is 38.3 Å². The topological polar surface area (TPSA) is 60.4 Å². The van der Waals surface area contributed by atoms with Crippen molar-refractivity contribution in [3.05, 3.63) is 71.3 Å². The van der Waals surface area contributed by atoms with E-state index >= 15 is 0 Å². The average molecular weight is 401 g/mol. The molecule has 0 radical (unpaired) electrons. The summed E-state index contributed by atoms with van der Waals surface area (Å²) in [6.07, 6.45) is 7.50. The Labute approximate surface area is 166 Å². The van der Waals surface area contributed by atoms with Crippen LogP contribution in [0.5, 0.6) is 0 Å². The minimum atomic E-state index is -3.87. The lowest BCUT2D eigenvalue weighted by molar-refractivity contribution is -1.08. The van der Waals surface area contributed by atoms with Crippen LogP contribution in [0.4, 0.5) is 0 Å². The fourth-order valence-corrected chi connectivity index (χ4v) is 4.71. The van der Waals surface area contributed by atoms with Gasteiger partial charge in [-0.2, -0.15) is 13.1 Å². The Morgan fingerprint density at radius 1 is 1.07 bits per heavy atom. The number of aryl methyl sites for hydroxylation is 1. The van der Waals surface area contributed by atoms with Crippen LogP contribution in [0.1, 0.15) is 40.7 Å². The molecule has 6 heteroatoms. The van der Waals surface area contributed by atoms with Crippen LogP contribution in [0.25, 0.3) is 6.08 Å². The maximum Gasteiger partial charge on any atom is 0.342 e. The van der Waals surface area contributed by atoms with E-state index < -0.39 is 10.1 Å². The summed E-state index contributed by atoms with van der Waals surface area (Å²) in [6, 6.07) is 13.9. The summed E-state index contributed by atoms with van der Waals surface area (Å²) in [4.78, 5) is 11.1. The van der Waals surface area contributed by atoms with Crippen LogP contribution in [-0.4, -0.2) is 39.0 Å². The van der Waals surface area contributed by atoms with Crippen molar-refractivity contribution in [2.24, 2.45) is 0 Å². The molecular formula is C22H26NO4S+. The largest absolute Gasteiger partial charge is 0.342 e. The molecule has 0 N–H and O–H groups in total. The highest BCUT2D eigenvalue weighted by Crippen LogP contribution is 2.29. The number of benzene rings is 2. The van der Waals surface area contributed by atoms with Gasteiger partial charge in [0, 0.05) is 12.0 Å². The van der Waals surface area contributed by atoms with E-state index in [1.54, 1.807) is 36.4 Å². The number of nitrogens with zero attached hydrogens (tertiary/aromatic N) is 1. The minimum absolute atomic E-state index is 0.0138. The molecule has 148 valence electrons. The van der Waals surface area contributed by atoms with E-state index in [9.17, 15) is 13.2 Å². The van der Waals surface area contributed by atoms with Crippen molar-refractivity contribution < 1.29 is 22.1 Å². The molecule has 0 saturated carbocycles. The summed E-state index contributed by atoms with van der Waals surface area (Å²) >= 11 is 0. The Morgan fingerprint density at radius 3 is 2.50 bits per heavy atom. The van der Waals surface area contributed by atoms with Crippen molar-refractivity contribution in [1.82, 2.24) is 0 Å². The van der Waals surface area contributed by atoms with Crippen molar-refractivity contribution in [3.8, 4) is 0 Å². The summed E-state index contributed by atoms with van der Waals surface area (Å²) < 4.78 is 31.4. The predicted octanol–water partition coefficient (Wildman–Crippen LogP) is 4.14. The van der Waals surface area contributed by atoms with Crippen LogP contribution in [0, 0.1) is 6.92 Å². The second-order valence-corrected chi connectivity index (χ2v) is 8.98. The van der Waals surface area contributed by atoms with E-state index in [1.165, 1.54) is 0 Å². The number of hydrogen-bond acceptors (Lipinski definition) is 4. The molecular weight excluding hydrogens is 374 g/mol. The summed E-state index contributed by atoms with van der Waals surface area (Å²) in [5.41, 5.74) is 2.51. The van der Waals surface area contributed by atoms with E-state index in [0.717, 1.165) is 36.7 Å². The van der Waals surface area contributed by atoms with Gasteiger partial charge in [0.1, 0.15) is 25.9 Å². The molecule has 0 aliphatic carbocycles. The molecule has 1 heterocycles. The zero-order valence-corrected chi connectivity index (χ0v) is 17.1. The molecule has 2 unspecified atom stereocenters. The van der Waals surface area contributed by atoms with Crippen LogP contribution in [0.3, 0.4) is 0 Å². The number of rotatable bonds is 6. The first-order valence-corrected chi connectivity index (χ1v) is 10.8. The zero-order valence-electron chi connectivity index (χ0n) is 16.2. The van der Waals surface area contributed by atoms with Gasteiger partial charge in [0.15, 0.2) is 0 Å². The van der Waals surface area contributed by atoms with Crippen LogP contribution in [-0.2, 0) is 14.4 Å². The first-order chi connectivity index (χ1) is 13.3. The minimum Gasteiger partial charge on any atom is -0.298 e. The number of hydroxylamine groups is 3. The molecule has 1 fully saturated rings. The van der Waals surface area contributed by atoms with Crippen LogP contribution < -0.4 is 0 Å². The molecule has 5 nitrogen and oxygen atoms in total. The predicted molar refractivity (Wildman–Crippen MR) is 109 cm³/mol. The number of piperidine rings is 1. The third-order valence-electron chi connectivity index (χ3n) is 5.19. The Kier molecular flexibility index (Phi) is 6.13. The number of carbonyl (C=O) groups is 1. The number of likely N-dealkylation sites (tertiary alicyclic amines) is 1. The van der Waals surface area contributed by atoms with Crippen LogP contribution in [0.2, 0.25) is 0 Å². The lowest BCUT2D eigenvalue weighted by atomic mass is 10.0. The lowest BCUT2D eigenvalue weighted by Gasteiger charge is -2.39. The van der Waals surface area contributed by atoms with Crippen molar-refractivity contribution in [2.45, 2.75) is 37.1 Å². The molecule has 1 aliphatic heterocycles. The number of hydrogen-bond donors (Lipinski definition) is 0. The summed E-state index contributed by atoms with van der Waals surface area (Å²) in [5.74, 6) is 0. The second-order valence-electron chi connectivity index (χ2n) is 7.45. The lowest BCUT2D eigenvalue weighted by Crippen LogP contribution is -2.55. The molecule has 0 spiro atoms. The van der Waals surface area contributed by atoms with E-state index in [0.29, 0.717) is 12.1 Å². The summed E-state index contributed by atoms with van der Waals surface area (Å²) in [6.45, 7) is 2.53. The molecule has 1 aliphatic rings. The van der Waals surface area contributed by atoms with Gasteiger partial charge < -0.3 is 0 Å². The molecule has 0 amide bonds. The molecule has 3 rings (SSSR count). The van der Waals surface area contributed by atoms with Crippen molar-refractivity contribution in [3.63, 3.8) is 0 Å². The SMILES string of the molecule is Cc1ccc(S(=O)(=O)O[N+]2(C)CCCCC2C=Cc2cccc(C=O)c2)cc1. The van der Waals surface area contributed by atoms with Crippen molar-refractivity contribution >= 4 is 22.5 Å². The number of quaternary nitrogens is 1. The normalized spacial score (nSPS) is 23.0. The van der Waals surface area contributed by atoms with Crippen molar-refractivity contribution in [2.75, 3.05) is 13.6 Å². The van der Waals surface area contributed by atoms with Gasteiger partial charge in [-0.1, -0.05) is 46.3 Å². The van der Waals surface area contributed by atoms with Gasteiger partial charge in [0.05, 0.1) is 4.90 Å². The Morgan fingerprint density at radius 2 is 1.79 bits per heavy atom. The van der Waals surface area contributed by atoms with Gasteiger partial charge in [-0.25, -0.2) is 0 Å². The summed E-state index contributed by atoms with van der Waals surface area (Å²) in [5, 5.41) is 0. The Balaban J connectivity index is 1.83. The maximum absolute atomic E-state index is 12.8. The third-order valence-corrected chi connectivity index (χ3v) is 6.58. The van der Waals surface area contributed by atoms with Gasteiger partial charge in [0.25, 0.3) is 0 Å². The Hall–Kier alpha value is -2.28. The standard InChI is InChI=1S/C22H26NO4S/c1-18-9-13-22(14-10-18)28(25,26)27-23(2)15-4-3-8-21(23)12-11-19-6-5-7-20(16-19)17-24/h5-7,9-14,16-17,21H,3-4,8,15H2,1-2H3/q+1. The van der Waals surface area contributed by atoms with E-state index in [2.05, 4.69) is 0 Å². The van der Waals surface area contributed by atoms with Gasteiger partial charge in [0.2, 0.25) is 0 Å². The molecule has 0 aromatic heterocycles. The van der Waals surface area contributed by atoms with Crippen molar-refractivity contribution in [1.29, 1.82) is 0 Å². The highest BCUT2D eigenvalue weighted by molar-refractivity contribution is 7.86. The van der Waals surface area contributed by atoms with Gasteiger partial charge in [-0.3, -0.25) is 4.79 Å². The molecule has 28 heavy (non-hydrogen) atoms. The van der Waals surface area contributed by atoms with Gasteiger partial charge >= 0.3 is 10.1 Å². The third kappa shape index (κ3) is 4.76. The molecule has 0 bridgehead atoms. The fourth-order valence-electron chi connectivity index (χ4n) is 3.52. The number of likely N-dealkylation sites (N-methyl/N-ethyl adjacent to an activating group) is 1. The highest BCUT2D eigenvalue weighted by atomic mass is 32.2. The van der Waals surface area contributed by atoms with Gasteiger partial charge in [-0.05, 0) is 49.6 Å². The maximum atomic E-state index is 12.8. The second kappa shape index (κ2) is 8.39. The zero-order chi connectivity index (χ0) is 20.2. The average Bonchev–Trinajstić information content (AvgIpc) is 2.67. The number of aldehydes is 1. The molecule has 1 saturated heterocycles. The quantitative estimate of drug-likeness (QED) is 0.540.